The van der Waals surface area contributed by atoms with Gasteiger partial charge in [-0.25, -0.2) is 4.98 Å². The average Bonchev–Trinajstić information content (AvgIpc) is 3.32. The van der Waals surface area contributed by atoms with E-state index in [2.05, 4.69) is 26.6 Å². The number of hydrogen-bond donors (Lipinski definition) is 1. The zero-order chi connectivity index (χ0) is 15.6. The van der Waals surface area contributed by atoms with E-state index in [9.17, 15) is 4.79 Å². The molecule has 8 heteroatoms. The van der Waals surface area contributed by atoms with Gasteiger partial charge < -0.3 is 4.90 Å². The molecule has 0 radical (unpaired) electrons. The van der Waals surface area contributed by atoms with Crippen molar-refractivity contribution in [3.05, 3.63) is 39.4 Å². The van der Waals surface area contributed by atoms with Crippen molar-refractivity contribution in [2.45, 2.75) is 18.1 Å². The Morgan fingerprint density at radius 2 is 2.30 bits per heavy atom. The number of thiophene rings is 2. The van der Waals surface area contributed by atoms with Crippen LogP contribution in [0.3, 0.4) is 0 Å². The summed E-state index contributed by atoms with van der Waals surface area (Å²) in [4.78, 5) is 21.2. The van der Waals surface area contributed by atoms with Gasteiger partial charge in [0, 0.05) is 18.0 Å². The summed E-state index contributed by atoms with van der Waals surface area (Å²) in [6.45, 7) is 1.54. The first kappa shape index (κ1) is 14.9. The number of H-pyrrole nitrogens is 1. The molecule has 0 spiro atoms. The molecule has 0 saturated heterocycles. The van der Waals surface area contributed by atoms with Gasteiger partial charge in [-0.05, 0) is 34.9 Å². The summed E-state index contributed by atoms with van der Waals surface area (Å²) in [5.41, 5.74) is 1.29. The molecule has 0 fully saturated rings. The van der Waals surface area contributed by atoms with Crippen LogP contribution in [0.4, 0.5) is 0 Å². The van der Waals surface area contributed by atoms with Crippen molar-refractivity contribution in [1.29, 1.82) is 0 Å². The molecule has 0 unspecified atom stereocenters. The van der Waals surface area contributed by atoms with Gasteiger partial charge in [-0.1, -0.05) is 17.8 Å². The average molecular weight is 363 g/mol. The molecule has 0 aromatic carbocycles. The second kappa shape index (κ2) is 6.46. The summed E-state index contributed by atoms with van der Waals surface area (Å²) in [6, 6.07) is 6.10. The van der Waals surface area contributed by atoms with Gasteiger partial charge in [-0.3, -0.25) is 9.89 Å². The second-order valence-corrected chi connectivity index (χ2v) is 8.06. The molecule has 1 amide bonds. The number of fused-ring (bicyclic) bond motifs is 1. The van der Waals surface area contributed by atoms with E-state index in [0.29, 0.717) is 10.9 Å². The first-order valence-electron chi connectivity index (χ1n) is 7.22. The Hall–Kier alpha value is -1.64. The van der Waals surface area contributed by atoms with Gasteiger partial charge in [0.25, 0.3) is 0 Å². The maximum Gasteiger partial charge on any atom is 0.233 e. The van der Waals surface area contributed by atoms with Crippen molar-refractivity contribution in [3.8, 4) is 10.7 Å². The van der Waals surface area contributed by atoms with Crippen molar-refractivity contribution in [2.75, 3.05) is 12.3 Å². The Bertz CT molecular complexity index is 808. The maximum absolute atomic E-state index is 12.4. The number of nitrogens with zero attached hydrogens (tertiary/aromatic N) is 3. The van der Waals surface area contributed by atoms with Gasteiger partial charge >= 0.3 is 0 Å². The van der Waals surface area contributed by atoms with E-state index in [1.165, 1.54) is 22.2 Å². The third-order valence-electron chi connectivity index (χ3n) is 3.70. The minimum atomic E-state index is 0.148. The van der Waals surface area contributed by atoms with Crippen LogP contribution in [0.5, 0.6) is 0 Å². The van der Waals surface area contributed by atoms with Gasteiger partial charge in [-0.15, -0.1) is 27.8 Å². The lowest BCUT2D eigenvalue weighted by Gasteiger charge is -2.26. The van der Waals surface area contributed by atoms with Crippen LogP contribution < -0.4 is 0 Å². The fourth-order valence-corrected chi connectivity index (χ4v) is 4.77. The van der Waals surface area contributed by atoms with Crippen LogP contribution in [-0.4, -0.2) is 38.3 Å². The SMILES string of the molecule is O=C(CSc1n[nH]c(-c2cccs2)n1)N1CCc2sccc2C1. The van der Waals surface area contributed by atoms with Crippen LogP contribution in [0.25, 0.3) is 10.7 Å². The highest BCUT2D eigenvalue weighted by Gasteiger charge is 2.21. The highest BCUT2D eigenvalue weighted by atomic mass is 32.2. The highest BCUT2D eigenvalue weighted by molar-refractivity contribution is 7.99. The normalized spacial score (nSPS) is 14.0. The summed E-state index contributed by atoms with van der Waals surface area (Å²) in [6.07, 6.45) is 0.965. The Kier molecular flexibility index (Phi) is 4.19. The number of thioether (sulfide) groups is 1. The van der Waals surface area contributed by atoms with Crippen LogP contribution in [0, 0.1) is 0 Å². The molecule has 4 rings (SSSR count). The van der Waals surface area contributed by atoms with E-state index in [-0.39, 0.29) is 5.91 Å². The molecule has 1 N–H and O–H groups in total. The molecule has 0 aliphatic carbocycles. The number of amides is 1. The highest BCUT2D eigenvalue weighted by Crippen LogP contribution is 2.26. The van der Waals surface area contributed by atoms with Crippen molar-refractivity contribution in [1.82, 2.24) is 20.1 Å². The summed E-state index contributed by atoms with van der Waals surface area (Å²) < 4.78 is 0. The number of nitrogens with one attached hydrogen (secondary N) is 1. The largest absolute Gasteiger partial charge is 0.337 e. The van der Waals surface area contributed by atoms with Crippen LogP contribution >= 0.6 is 34.4 Å². The van der Waals surface area contributed by atoms with Crippen molar-refractivity contribution < 1.29 is 4.79 Å². The molecule has 4 heterocycles. The fourth-order valence-electron chi connectivity index (χ4n) is 2.51. The standard InChI is InChI=1S/C15H14N4OS3/c20-13(19-5-3-11-10(8-19)4-7-22-11)9-23-15-16-14(17-18-15)12-2-1-6-21-12/h1-2,4,6-7H,3,5,8-9H2,(H,16,17,18). The minimum absolute atomic E-state index is 0.148. The second-order valence-electron chi connectivity index (χ2n) is 5.17. The van der Waals surface area contributed by atoms with Crippen molar-refractivity contribution in [3.63, 3.8) is 0 Å². The molecule has 23 heavy (non-hydrogen) atoms. The van der Waals surface area contributed by atoms with E-state index < -0.39 is 0 Å². The van der Waals surface area contributed by atoms with E-state index in [1.807, 2.05) is 22.4 Å². The summed E-state index contributed by atoms with van der Waals surface area (Å²) in [5, 5.41) is 11.8. The quantitative estimate of drug-likeness (QED) is 0.724. The molecule has 3 aromatic heterocycles. The predicted molar refractivity (Wildman–Crippen MR) is 93.9 cm³/mol. The van der Waals surface area contributed by atoms with E-state index in [1.54, 1.807) is 22.7 Å². The van der Waals surface area contributed by atoms with Gasteiger partial charge in [-0.2, -0.15) is 0 Å². The number of aromatic amines is 1. The number of carbonyl (C=O) groups excluding carboxylic acids is 1. The lowest BCUT2D eigenvalue weighted by molar-refractivity contribution is -0.129. The number of hydrogen-bond acceptors (Lipinski definition) is 6. The third kappa shape index (κ3) is 3.19. The lowest BCUT2D eigenvalue weighted by atomic mass is 10.1. The monoisotopic (exact) mass is 362 g/mol. The Morgan fingerprint density at radius 3 is 3.17 bits per heavy atom. The molecule has 5 nitrogen and oxygen atoms in total. The predicted octanol–water partition coefficient (Wildman–Crippen LogP) is 3.27. The van der Waals surface area contributed by atoms with Crippen molar-refractivity contribution >= 4 is 40.3 Å². The lowest BCUT2D eigenvalue weighted by Crippen LogP contribution is -2.36. The Balaban J connectivity index is 1.35. The van der Waals surface area contributed by atoms with Crippen LogP contribution in [0.2, 0.25) is 0 Å². The van der Waals surface area contributed by atoms with Gasteiger partial charge in [0.1, 0.15) is 0 Å². The molecule has 0 saturated carbocycles. The van der Waals surface area contributed by atoms with Gasteiger partial charge in [0.2, 0.25) is 11.1 Å². The molecule has 1 aliphatic rings. The number of carbonyl (C=O) groups is 1. The fraction of sp³-hybridized carbons (Fsp3) is 0.267. The van der Waals surface area contributed by atoms with E-state index in [4.69, 9.17) is 0 Å². The first-order valence-corrected chi connectivity index (χ1v) is 9.96. The maximum atomic E-state index is 12.4. The number of aromatic nitrogens is 3. The summed E-state index contributed by atoms with van der Waals surface area (Å²) in [5.74, 6) is 1.28. The zero-order valence-electron chi connectivity index (χ0n) is 12.2. The van der Waals surface area contributed by atoms with E-state index in [0.717, 1.165) is 30.2 Å². The Labute approximate surface area is 145 Å². The van der Waals surface area contributed by atoms with Crippen LogP contribution in [-0.2, 0) is 17.8 Å². The molecular formula is C15H14N4OS3. The minimum Gasteiger partial charge on any atom is -0.337 e. The Morgan fingerprint density at radius 1 is 1.35 bits per heavy atom. The molecule has 0 bridgehead atoms. The van der Waals surface area contributed by atoms with Gasteiger partial charge in [0.15, 0.2) is 5.82 Å². The molecule has 3 aromatic rings. The smallest absolute Gasteiger partial charge is 0.233 e. The summed E-state index contributed by atoms with van der Waals surface area (Å²) in [7, 11) is 0. The number of rotatable bonds is 4. The first-order chi connectivity index (χ1) is 11.3. The van der Waals surface area contributed by atoms with E-state index >= 15 is 0 Å². The van der Waals surface area contributed by atoms with Gasteiger partial charge in [0.05, 0.1) is 10.6 Å². The molecule has 118 valence electrons. The molecule has 0 atom stereocenters. The molecule has 1 aliphatic heterocycles. The summed E-state index contributed by atoms with van der Waals surface area (Å²) >= 11 is 4.78. The van der Waals surface area contributed by atoms with Crippen molar-refractivity contribution in [2.24, 2.45) is 0 Å². The van der Waals surface area contributed by atoms with Crippen LogP contribution in [0.15, 0.2) is 34.1 Å². The topological polar surface area (TPSA) is 61.9 Å². The molecular weight excluding hydrogens is 348 g/mol. The third-order valence-corrected chi connectivity index (χ3v) is 6.44. The zero-order valence-corrected chi connectivity index (χ0v) is 14.6. The van der Waals surface area contributed by atoms with Crippen LogP contribution in [0.1, 0.15) is 10.4 Å².